The molecule has 1 N–H and O–H groups in total. The summed E-state index contributed by atoms with van der Waals surface area (Å²) in [4.78, 5) is 4.94. The molecule has 1 fully saturated rings. The molecule has 0 unspecified atom stereocenters. The lowest BCUT2D eigenvalue weighted by Gasteiger charge is -2.32. The van der Waals surface area contributed by atoms with Crippen LogP contribution >= 0.6 is 0 Å². The van der Waals surface area contributed by atoms with Gasteiger partial charge in [-0.1, -0.05) is 32.9 Å². The van der Waals surface area contributed by atoms with Crippen LogP contribution in [0.2, 0.25) is 0 Å². The summed E-state index contributed by atoms with van der Waals surface area (Å²) >= 11 is 0. The van der Waals surface area contributed by atoms with Crippen LogP contribution in [0.3, 0.4) is 0 Å². The molecule has 0 bridgehead atoms. The molecule has 0 atom stereocenters. The van der Waals surface area contributed by atoms with E-state index in [0.29, 0.717) is 5.41 Å². The van der Waals surface area contributed by atoms with Gasteiger partial charge in [0.2, 0.25) is 0 Å². The van der Waals surface area contributed by atoms with Crippen molar-refractivity contribution in [3.05, 3.63) is 29.8 Å². The maximum atomic E-state index is 3.50. The first kappa shape index (κ1) is 15.3. The summed E-state index contributed by atoms with van der Waals surface area (Å²) in [5.41, 5.74) is 2.95. The van der Waals surface area contributed by atoms with Crippen molar-refractivity contribution in [1.82, 2.24) is 9.80 Å². The predicted molar refractivity (Wildman–Crippen MR) is 87.2 cm³/mol. The normalized spacial score (nSPS) is 18.2. The Labute approximate surface area is 124 Å². The van der Waals surface area contributed by atoms with Crippen molar-refractivity contribution >= 4 is 5.69 Å². The minimum atomic E-state index is 0.318. The second-order valence-corrected chi connectivity index (χ2v) is 7.19. The molecule has 20 heavy (non-hydrogen) atoms. The third kappa shape index (κ3) is 5.14. The van der Waals surface area contributed by atoms with Gasteiger partial charge in [0.1, 0.15) is 0 Å². The van der Waals surface area contributed by atoms with Gasteiger partial charge in [-0.15, -0.1) is 0 Å². The first-order chi connectivity index (χ1) is 9.42. The number of hydrogen-bond acceptors (Lipinski definition) is 3. The van der Waals surface area contributed by atoms with E-state index >= 15 is 0 Å². The number of nitrogens with one attached hydrogen (secondary N) is 1. The van der Waals surface area contributed by atoms with E-state index in [4.69, 9.17) is 0 Å². The van der Waals surface area contributed by atoms with Crippen LogP contribution in [-0.4, -0.2) is 49.6 Å². The summed E-state index contributed by atoms with van der Waals surface area (Å²) in [5, 5.41) is 3.50. The van der Waals surface area contributed by atoms with Gasteiger partial charge >= 0.3 is 0 Å². The number of benzene rings is 1. The highest BCUT2D eigenvalue weighted by Crippen LogP contribution is 2.17. The van der Waals surface area contributed by atoms with Crippen LogP contribution in [0.15, 0.2) is 24.3 Å². The molecule has 0 radical (unpaired) electrons. The lowest BCUT2D eigenvalue weighted by molar-refractivity contribution is 0.148. The number of rotatable bonds is 4. The fraction of sp³-hybridized carbons (Fsp3) is 0.647. The maximum absolute atomic E-state index is 3.50. The Kier molecular flexibility index (Phi) is 5.06. The van der Waals surface area contributed by atoms with Gasteiger partial charge in [-0.25, -0.2) is 0 Å². The number of nitrogens with zero attached hydrogens (tertiary/aromatic N) is 2. The maximum Gasteiger partial charge on any atom is 0.0340 e. The van der Waals surface area contributed by atoms with E-state index in [2.05, 4.69) is 67.2 Å². The third-order valence-electron chi connectivity index (χ3n) is 3.78. The Hall–Kier alpha value is -1.06. The van der Waals surface area contributed by atoms with Gasteiger partial charge in [-0.3, -0.25) is 4.90 Å². The Morgan fingerprint density at radius 2 is 1.60 bits per heavy atom. The lowest BCUT2D eigenvalue weighted by Crippen LogP contribution is -2.43. The third-order valence-corrected chi connectivity index (χ3v) is 3.78. The summed E-state index contributed by atoms with van der Waals surface area (Å²) in [5.74, 6) is 0. The molecule has 1 aromatic carbocycles. The molecule has 0 spiro atoms. The fourth-order valence-corrected chi connectivity index (χ4v) is 2.36. The first-order valence-corrected chi connectivity index (χ1v) is 7.66. The second kappa shape index (κ2) is 6.59. The highest BCUT2D eigenvalue weighted by atomic mass is 15.2. The molecule has 0 aliphatic carbocycles. The van der Waals surface area contributed by atoms with Crippen molar-refractivity contribution in [2.45, 2.75) is 27.3 Å². The molecule has 1 saturated heterocycles. The lowest BCUT2D eigenvalue weighted by atomic mass is 9.97. The van der Waals surface area contributed by atoms with E-state index in [1.165, 1.54) is 37.4 Å². The minimum absolute atomic E-state index is 0.318. The van der Waals surface area contributed by atoms with Gasteiger partial charge in [-0.05, 0) is 30.2 Å². The summed E-state index contributed by atoms with van der Waals surface area (Å²) in [6.45, 7) is 13.6. The van der Waals surface area contributed by atoms with Gasteiger partial charge in [0.25, 0.3) is 0 Å². The predicted octanol–water partition coefficient (Wildman–Crippen LogP) is 2.89. The molecule has 0 aromatic heterocycles. The highest BCUT2D eigenvalue weighted by molar-refractivity contribution is 5.44. The number of likely N-dealkylation sites (N-methyl/N-ethyl adjacent to an activating group) is 1. The monoisotopic (exact) mass is 275 g/mol. The summed E-state index contributed by atoms with van der Waals surface area (Å²) < 4.78 is 0. The number of anilines is 1. The molecule has 0 saturated carbocycles. The van der Waals surface area contributed by atoms with E-state index in [1.807, 2.05) is 0 Å². The van der Waals surface area contributed by atoms with Gasteiger partial charge in [-0.2, -0.15) is 0 Å². The van der Waals surface area contributed by atoms with Crippen molar-refractivity contribution in [2.24, 2.45) is 5.41 Å². The molecule has 3 nitrogen and oxygen atoms in total. The van der Waals surface area contributed by atoms with Gasteiger partial charge < -0.3 is 10.2 Å². The Morgan fingerprint density at radius 1 is 1.00 bits per heavy atom. The van der Waals surface area contributed by atoms with E-state index in [-0.39, 0.29) is 0 Å². The van der Waals surface area contributed by atoms with Crippen LogP contribution in [0.5, 0.6) is 0 Å². The Morgan fingerprint density at radius 3 is 2.15 bits per heavy atom. The van der Waals surface area contributed by atoms with Crippen molar-refractivity contribution in [1.29, 1.82) is 0 Å². The van der Waals surface area contributed by atoms with Crippen LogP contribution in [-0.2, 0) is 6.54 Å². The quantitative estimate of drug-likeness (QED) is 0.911. The highest BCUT2D eigenvalue weighted by Gasteiger charge is 2.14. The van der Waals surface area contributed by atoms with Crippen LogP contribution in [0.1, 0.15) is 26.3 Å². The van der Waals surface area contributed by atoms with E-state index in [0.717, 1.165) is 13.1 Å². The minimum Gasteiger partial charge on any atom is -0.385 e. The Bertz CT molecular complexity index is 397. The molecule has 1 aliphatic heterocycles. The largest absolute Gasteiger partial charge is 0.385 e. The smallest absolute Gasteiger partial charge is 0.0340 e. The average Bonchev–Trinajstić information content (AvgIpc) is 2.40. The van der Waals surface area contributed by atoms with E-state index in [9.17, 15) is 0 Å². The molecule has 2 rings (SSSR count). The first-order valence-electron chi connectivity index (χ1n) is 7.66. The molecule has 1 heterocycles. The summed E-state index contributed by atoms with van der Waals surface area (Å²) in [6, 6.07) is 8.92. The number of hydrogen-bond donors (Lipinski definition) is 1. The molecule has 0 amide bonds. The van der Waals surface area contributed by atoms with Gasteiger partial charge in [0.05, 0.1) is 0 Å². The topological polar surface area (TPSA) is 18.5 Å². The van der Waals surface area contributed by atoms with E-state index in [1.54, 1.807) is 0 Å². The average molecular weight is 275 g/mol. The van der Waals surface area contributed by atoms with Crippen molar-refractivity contribution in [3.63, 3.8) is 0 Å². The second-order valence-electron chi connectivity index (χ2n) is 7.19. The Balaban J connectivity index is 1.82. The summed E-state index contributed by atoms with van der Waals surface area (Å²) in [7, 11) is 2.20. The SMILES string of the molecule is CN1CCN(Cc2ccc(NCC(C)(C)C)cc2)CC1. The zero-order valence-corrected chi connectivity index (χ0v) is 13.4. The van der Waals surface area contributed by atoms with E-state index < -0.39 is 0 Å². The summed E-state index contributed by atoms with van der Waals surface area (Å²) in [6.07, 6.45) is 0. The van der Waals surface area contributed by atoms with Crippen molar-refractivity contribution < 1.29 is 0 Å². The molecule has 1 aromatic rings. The van der Waals surface area contributed by atoms with Gasteiger partial charge in [0, 0.05) is 45.0 Å². The molecule has 3 heteroatoms. The zero-order valence-electron chi connectivity index (χ0n) is 13.4. The van der Waals surface area contributed by atoms with Gasteiger partial charge in [0.15, 0.2) is 0 Å². The molecule has 112 valence electrons. The van der Waals surface area contributed by atoms with Crippen molar-refractivity contribution in [2.75, 3.05) is 45.1 Å². The molecular formula is C17H29N3. The van der Waals surface area contributed by atoms with Crippen LogP contribution in [0.4, 0.5) is 5.69 Å². The molecule has 1 aliphatic rings. The zero-order chi connectivity index (χ0) is 14.6. The van der Waals surface area contributed by atoms with Crippen LogP contribution in [0.25, 0.3) is 0 Å². The molecular weight excluding hydrogens is 246 g/mol. The van der Waals surface area contributed by atoms with Crippen LogP contribution in [0, 0.1) is 5.41 Å². The van der Waals surface area contributed by atoms with Crippen molar-refractivity contribution in [3.8, 4) is 0 Å². The number of piperazine rings is 1. The fourth-order valence-electron chi connectivity index (χ4n) is 2.36. The van der Waals surface area contributed by atoms with Crippen LogP contribution < -0.4 is 5.32 Å². The standard InChI is InChI=1S/C17H29N3/c1-17(2,3)14-18-16-7-5-15(6-8-16)13-20-11-9-19(4)10-12-20/h5-8,18H,9-14H2,1-4H3.